The second-order valence-electron chi connectivity index (χ2n) is 5.39. The Kier molecular flexibility index (Phi) is 7.81. The minimum Gasteiger partial charge on any atom is -0.325 e. The molecule has 0 saturated heterocycles. The van der Waals surface area contributed by atoms with Gasteiger partial charge in [0.05, 0.1) is 11.3 Å². The maximum Gasteiger partial charge on any atom is 0.418 e. The monoisotopic (exact) mass is 351 g/mol. The van der Waals surface area contributed by atoms with Crippen molar-refractivity contribution in [1.82, 2.24) is 10.2 Å². The lowest BCUT2D eigenvalue weighted by molar-refractivity contribution is -0.137. The van der Waals surface area contributed by atoms with E-state index in [0.29, 0.717) is 6.54 Å². The molecule has 1 amide bonds. The van der Waals surface area contributed by atoms with Crippen LogP contribution in [0.5, 0.6) is 0 Å². The number of nitrogens with one attached hydrogen (secondary N) is 2. The van der Waals surface area contributed by atoms with Crippen LogP contribution in [0.15, 0.2) is 18.2 Å². The summed E-state index contributed by atoms with van der Waals surface area (Å²) in [6.07, 6.45) is -3.54. The molecule has 0 saturated carbocycles. The molecule has 1 aromatic rings. The number of benzene rings is 1. The zero-order valence-corrected chi connectivity index (χ0v) is 13.9. The molecule has 0 unspecified atom stereocenters. The highest BCUT2D eigenvalue weighted by Crippen LogP contribution is 2.36. The lowest BCUT2D eigenvalue weighted by atomic mass is 10.1. The molecule has 130 valence electrons. The molecule has 0 fully saturated rings. The number of hydrogen-bond acceptors (Lipinski definition) is 3. The number of rotatable bonds is 8. The first kappa shape index (κ1) is 19.7. The van der Waals surface area contributed by atoms with Crippen molar-refractivity contribution in [3.05, 3.63) is 28.8 Å². The average Bonchev–Trinajstić information content (AvgIpc) is 2.43. The van der Waals surface area contributed by atoms with Gasteiger partial charge >= 0.3 is 6.18 Å². The molecule has 0 aromatic heterocycles. The fraction of sp³-hybridized carbons (Fsp3) is 0.533. The van der Waals surface area contributed by atoms with Crippen molar-refractivity contribution in [2.24, 2.45) is 0 Å². The van der Waals surface area contributed by atoms with Gasteiger partial charge in [-0.1, -0.05) is 11.6 Å². The first-order valence-corrected chi connectivity index (χ1v) is 7.60. The zero-order valence-electron chi connectivity index (χ0n) is 13.1. The van der Waals surface area contributed by atoms with E-state index in [-0.39, 0.29) is 17.1 Å². The fourth-order valence-corrected chi connectivity index (χ4v) is 2.09. The van der Waals surface area contributed by atoms with Gasteiger partial charge in [0.2, 0.25) is 5.91 Å². The maximum atomic E-state index is 12.9. The number of carbonyl (C=O) groups excluding carboxylic acids is 1. The predicted molar refractivity (Wildman–Crippen MR) is 85.7 cm³/mol. The molecule has 0 atom stereocenters. The van der Waals surface area contributed by atoms with Crippen LogP contribution in [0.25, 0.3) is 0 Å². The van der Waals surface area contributed by atoms with Gasteiger partial charge in [-0.25, -0.2) is 0 Å². The van der Waals surface area contributed by atoms with Crippen LogP contribution in [0.2, 0.25) is 5.02 Å². The van der Waals surface area contributed by atoms with Crippen LogP contribution in [0.3, 0.4) is 0 Å². The molecule has 0 aliphatic heterocycles. The van der Waals surface area contributed by atoms with Crippen molar-refractivity contribution in [3.8, 4) is 0 Å². The molecule has 23 heavy (non-hydrogen) atoms. The summed E-state index contributed by atoms with van der Waals surface area (Å²) in [5.74, 6) is -0.474. The Balaban J connectivity index is 2.46. The van der Waals surface area contributed by atoms with Gasteiger partial charge in [-0.15, -0.1) is 0 Å². The Morgan fingerprint density at radius 1 is 1.26 bits per heavy atom. The number of anilines is 1. The van der Waals surface area contributed by atoms with E-state index >= 15 is 0 Å². The summed E-state index contributed by atoms with van der Waals surface area (Å²) in [7, 11) is 3.94. The quantitative estimate of drug-likeness (QED) is 0.707. The lowest BCUT2D eigenvalue weighted by Gasteiger charge is -2.14. The molecule has 0 heterocycles. The SMILES string of the molecule is CN(C)CCCNCCC(=O)Nc1ccc(Cl)cc1C(F)(F)F. The Morgan fingerprint density at radius 3 is 2.57 bits per heavy atom. The second-order valence-corrected chi connectivity index (χ2v) is 5.83. The van der Waals surface area contributed by atoms with Crippen molar-refractivity contribution in [3.63, 3.8) is 0 Å². The van der Waals surface area contributed by atoms with Crippen LogP contribution in [0.1, 0.15) is 18.4 Å². The normalized spacial score (nSPS) is 11.8. The summed E-state index contributed by atoms with van der Waals surface area (Å²) in [4.78, 5) is 13.8. The topological polar surface area (TPSA) is 44.4 Å². The van der Waals surface area contributed by atoms with Gasteiger partial charge < -0.3 is 15.5 Å². The molecule has 1 rings (SSSR count). The van der Waals surface area contributed by atoms with E-state index in [2.05, 4.69) is 10.6 Å². The largest absolute Gasteiger partial charge is 0.418 e. The lowest BCUT2D eigenvalue weighted by Crippen LogP contribution is -2.25. The van der Waals surface area contributed by atoms with Gasteiger partial charge in [-0.2, -0.15) is 13.2 Å². The highest BCUT2D eigenvalue weighted by Gasteiger charge is 2.34. The van der Waals surface area contributed by atoms with Gasteiger partial charge in [-0.3, -0.25) is 4.79 Å². The molecule has 0 radical (unpaired) electrons. The van der Waals surface area contributed by atoms with Gasteiger partial charge in [0.15, 0.2) is 0 Å². The molecule has 1 aromatic carbocycles. The minimum atomic E-state index is -4.57. The highest BCUT2D eigenvalue weighted by atomic mass is 35.5. The van der Waals surface area contributed by atoms with Crippen molar-refractivity contribution >= 4 is 23.2 Å². The zero-order chi connectivity index (χ0) is 17.5. The van der Waals surface area contributed by atoms with E-state index < -0.39 is 17.6 Å². The van der Waals surface area contributed by atoms with Crippen molar-refractivity contribution in [1.29, 1.82) is 0 Å². The van der Waals surface area contributed by atoms with Gasteiger partial charge in [0.1, 0.15) is 0 Å². The average molecular weight is 352 g/mol. The molecule has 0 spiro atoms. The Morgan fingerprint density at radius 2 is 1.96 bits per heavy atom. The number of carbonyl (C=O) groups is 1. The predicted octanol–water partition coefficient (Wildman–Crippen LogP) is 3.23. The first-order valence-electron chi connectivity index (χ1n) is 7.22. The van der Waals surface area contributed by atoms with E-state index in [1.54, 1.807) is 0 Å². The van der Waals surface area contributed by atoms with Gasteiger partial charge in [0.25, 0.3) is 0 Å². The third-order valence-corrected chi connectivity index (χ3v) is 3.28. The number of nitrogens with zero attached hydrogens (tertiary/aromatic N) is 1. The van der Waals surface area contributed by atoms with Gasteiger partial charge in [-0.05, 0) is 51.8 Å². The number of hydrogen-bond donors (Lipinski definition) is 2. The van der Waals surface area contributed by atoms with Crippen LogP contribution in [-0.4, -0.2) is 44.5 Å². The third kappa shape index (κ3) is 7.67. The van der Waals surface area contributed by atoms with Crippen LogP contribution < -0.4 is 10.6 Å². The van der Waals surface area contributed by atoms with Crippen LogP contribution in [0, 0.1) is 0 Å². The molecule has 0 bridgehead atoms. The molecule has 0 aliphatic rings. The number of halogens is 4. The van der Waals surface area contributed by atoms with Crippen LogP contribution >= 0.6 is 11.6 Å². The molecule has 8 heteroatoms. The highest BCUT2D eigenvalue weighted by molar-refractivity contribution is 6.30. The Bertz CT molecular complexity index is 521. The summed E-state index contributed by atoms with van der Waals surface area (Å²) in [5, 5.41) is 5.34. The molecular weight excluding hydrogens is 331 g/mol. The number of amides is 1. The van der Waals surface area contributed by atoms with Gasteiger partial charge in [0, 0.05) is 18.0 Å². The van der Waals surface area contributed by atoms with Crippen LogP contribution in [0.4, 0.5) is 18.9 Å². The van der Waals surface area contributed by atoms with E-state index in [1.165, 1.54) is 6.07 Å². The summed E-state index contributed by atoms with van der Waals surface area (Å²) in [5.41, 5.74) is -1.23. The molecule has 0 aliphatic carbocycles. The van der Waals surface area contributed by atoms with Crippen LogP contribution in [-0.2, 0) is 11.0 Å². The smallest absolute Gasteiger partial charge is 0.325 e. The van der Waals surface area contributed by atoms with Crippen molar-refractivity contribution < 1.29 is 18.0 Å². The van der Waals surface area contributed by atoms with Crippen molar-refractivity contribution in [2.75, 3.05) is 39.0 Å². The van der Waals surface area contributed by atoms with Crippen molar-refractivity contribution in [2.45, 2.75) is 19.0 Å². The summed E-state index contributed by atoms with van der Waals surface area (Å²) < 4.78 is 38.7. The summed E-state index contributed by atoms with van der Waals surface area (Å²) >= 11 is 5.59. The fourth-order valence-electron chi connectivity index (χ4n) is 1.92. The molecule has 2 N–H and O–H groups in total. The first-order chi connectivity index (χ1) is 10.7. The number of alkyl halides is 3. The Labute approximate surface area is 139 Å². The molecular formula is C15H21ClF3N3O. The standard InChI is InChI=1S/C15H21ClF3N3O/c1-22(2)9-3-7-20-8-6-14(23)21-13-5-4-11(16)10-12(13)15(17,18)19/h4-5,10,20H,3,6-9H2,1-2H3,(H,21,23). The minimum absolute atomic E-state index is 0.0297. The van der Waals surface area contributed by atoms with E-state index in [9.17, 15) is 18.0 Å². The third-order valence-electron chi connectivity index (χ3n) is 3.05. The summed E-state index contributed by atoms with van der Waals surface area (Å²) in [6.45, 7) is 2.09. The maximum absolute atomic E-state index is 12.9. The Hall–Kier alpha value is -1.31. The van der Waals surface area contributed by atoms with E-state index in [0.717, 1.165) is 31.6 Å². The summed E-state index contributed by atoms with van der Waals surface area (Å²) in [6, 6.07) is 3.27. The van der Waals surface area contributed by atoms with E-state index in [1.807, 2.05) is 19.0 Å². The van der Waals surface area contributed by atoms with E-state index in [4.69, 9.17) is 11.6 Å². The molecule has 4 nitrogen and oxygen atoms in total. The second kappa shape index (κ2) is 9.10.